The minimum Gasteiger partial charge on any atom is -0.497 e. The summed E-state index contributed by atoms with van der Waals surface area (Å²) in [5.74, 6) is 1.07. The third kappa shape index (κ3) is 3.53. The van der Waals surface area contributed by atoms with Gasteiger partial charge in [0.2, 0.25) is 0 Å². The number of rotatable bonds is 4. The van der Waals surface area contributed by atoms with Crippen LogP contribution in [0.1, 0.15) is 29.0 Å². The summed E-state index contributed by atoms with van der Waals surface area (Å²) in [6.45, 7) is 1.93. The molecule has 3 aromatic carbocycles. The molecule has 0 unspecified atom stereocenters. The van der Waals surface area contributed by atoms with Crippen LogP contribution in [-0.2, 0) is 4.79 Å². The molecule has 0 fully saturated rings. The summed E-state index contributed by atoms with van der Waals surface area (Å²) in [5, 5.41) is 0.604. The van der Waals surface area contributed by atoms with Gasteiger partial charge in [-0.25, -0.2) is 4.79 Å². The fraction of sp³-hybridized carbons (Fsp3) is 0.185. The van der Waals surface area contributed by atoms with Crippen molar-refractivity contribution in [3.05, 3.63) is 87.8 Å². The lowest BCUT2D eigenvalue weighted by Gasteiger charge is -2.29. The predicted octanol–water partition coefficient (Wildman–Crippen LogP) is 5.23. The number of methoxy groups -OCH3 is 2. The summed E-state index contributed by atoms with van der Waals surface area (Å²) >= 11 is 0. The van der Waals surface area contributed by atoms with Crippen molar-refractivity contribution in [1.29, 1.82) is 0 Å². The highest BCUT2D eigenvalue weighted by Gasteiger charge is 2.34. The molecule has 6 nitrogen and oxygen atoms in total. The molecule has 6 heteroatoms. The largest absolute Gasteiger partial charge is 0.497 e. The van der Waals surface area contributed by atoms with Crippen molar-refractivity contribution in [2.75, 3.05) is 14.2 Å². The summed E-state index contributed by atoms with van der Waals surface area (Å²) in [6, 6.07) is 18.4. The number of fused-ring (bicyclic) bond motifs is 3. The number of aryl methyl sites for hydroxylation is 1. The zero-order chi connectivity index (χ0) is 23.1. The van der Waals surface area contributed by atoms with E-state index in [2.05, 4.69) is 0 Å². The molecule has 1 atom stereocenters. The van der Waals surface area contributed by atoms with Crippen molar-refractivity contribution in [2.24, 2.45) is 0 Å². The molecule has 2 heterocycles. The first-order chi connectivity index (χ1) is 16.0. The summed E-state index contributed by atoms with van der Waals surface area (Å²) in [5.41, 5.74) is 4.01. The maximum absolute atomic E-state index is 12.8. The van der Waals surface area contributed by atoms with E-state index >= 15 is 0 Å². The van der Waals surface area contributed by atoms with E-state index in [4.69, 9.17) is 18.6 Å². The van der Waals surface area contributed by atoms with Crippen LogP contribution in [0.25, 0.3) is 22.1 Å². The predicted molar refractivity (Wildman–Crippen MR) is 124 cm³/mol. The number of hydrogen-bond acceptors (Lipinski definition) is 6. The van der Waals surface area contributed by atoms with E-state index in [-0.39, 0.29) is 18.3 Å². The van der Waals surface area contributed by atoms with Crippen LogP contribution >= 0.6 is 0 Å². The second-order valence-electron chi connectivity index (χ2n) is 7.99. The Kier molecular flexibility index (Phi) is 5.13. The second-order valence-corrected chi connectivity index (χ2v) is 7.99. The molecule has 0 N–H and O–H groups in total. The number of carbonyl (C=O) groups is 1. The van der Waals surface area contributed by atoms with Crippen LogP contribution in [0.5, 0.6) is 17.2 Å². The van der Waals surface area contributed by atoms with Crippen LogP contribution in [0.4, 0.5) is 0 Å². The molecule has 1 aromatic heterocycles. The minimum absolute atomic E-state index is 0.166. The minimum atomic E-state index is -0.462. The summed E-state index contributed by atoms with van der Waals surface area (Å²) in [6.07, 6.45) is 0.166. The molecule has 5 rings (SSSR count). The number of benzene rings is 3. The fourth-order valence-electron chi connectivity index (χ4n) is 4.62. The molecule has 0 amide bonds. The van der Waals surface area contributed by atoms with E-state index in [1.807, 2.05) is 55.5 Å². The zero-order valence-electron chi connectivity index (χ0n) is 18.5. The Hall–Kier alpha value is -4.06. The van der Waals surface area contributed by atoms with E-state index in [9.17, 15) is 9.59 Å². The Morgan fingerprint density at radius 3 is 2.45 bits per heavy atom. The SMILES string of the molecule is COc1ccc([C@@H]2CC(=O)Oc3c2c(C)cc2oc(=O)cc(-c4ccccc4)c32)c(OC)c1. The van der Waals surface area contributed by atoms with E-state index in [1.165, 1.54) is 6.07 Å². The van der Waals surface area contributed by atoms with Gasteiger partial charge in [0.15, 0.2) is 0 Å². The van der Waals surface area contributed by atoms with Gasteiger partial charge in [-0.1, -0.05) is 36.4 Å². The molecule has 0 bridgehead atoms. The zero-order valence-corrected chi connectivity index (χ0v) is 18.5. The maximum atomic E-state index is 12.8. The fourth-order valence-corrected chi connectivity index (χ4v) is 4.62. The molecule has 0 saturated heterocycles. The lowest BCUT2D eigenvalue weighted by atomic mass is 9.82. The van der Waals surface area contributed by atoms with Crippen molar-refractivity contribution in [2.45, 2.75) is 19.3 Å². The third-order valence-electron chi connectivity index (χ3n) is 6.07. The molecule has 1 aliphatic heterocycles. The molecular weight excluding hydrogens is 420 g/mol. The Morgan fingerprint density at radius 1 is 0.939 bits per heavy atom. The molecular formula is C27H22O6. The monoisotopic (exact) mass is 442 g/mol. The first-order valence-electron chi connectivity index (χ1n) is 10.6. The molecule has 4 aromatic rings. The topological polar surface area (TPSA) is 75.0 Å². The Balaban J connectivity index is 1.83. The maximum Gasteiger partial charge on any atom is 0.336 e. The average Bonchev–Trinajstić information content (AvgIpc) is 2.82. The van der Waals surface area contributed by atoms with Crippen molar-refractivity contribution >= 4 is 16.9 Å². The Morgan fingerprint density at radius 2 is 1.73 bits per heavy atom. The summed E-state index contributed by atoms with van der Waals surface area (Å²) in [7, 11) is 3.19. The average molecular weight is 442 g/mol. The van der Waals surface area contributed by atoms with Gasteiger partial charge < -0.3 is 18.6 Å². The van der Waals surface area contributed by atoms with E-state index in [1.54, 1.807) is 20.3 Å². The van der Waals surface area contributed by atoms with Gasteiger partial charge in [0.25, 0.3) is 0 Å². The van der Waals surface area contributed by atoms with Crippen molar-refractivity contribution in [3.63, 3.8) is 0 Å². The first kappa shape index (κ1) is 20.8. The summed E-state index contributed by atoms with van der Waals surface area (Å²) < 4.78 is 22.3. The highest BCUT2D eigenvalue weighted by Crippen LogP contribution is 2.49. The Bertz CT molecular complexity index is 1430. The van der Waals surface area contributed by atoms with E-state index in [0.717, 1.165) is 22.3 Å². The third-order valence-corrected chi connectivity index (χ3v) is 6.07. The van der Waals surface area contributed by atoms with Crippen LogP contribution in [0.3, 0.4) is 0 Å². The molecule has 0 saturated carbocycles. The van der Waals surface area contributed by atoms with Gasteiger partial charge in [0.05, 0.1) is 26.0 Å². The molecule has 0 spiro atoms. The van der Waals surface area contributed by atoms with Gasteiger partial charge in [-0.3, -0.25) is 4.79 Å². The lowest BCUT2D eigenvalue weighted by molar-refractivity contribution is -0.135. The molecule has 0 radical (unpaired) electrons. The van der Waals surface area contributed by atoms with E-state index < -0.39 is 5.63 Å². The highest BCUT2D eigenvalue weighted by atomic mass is 16.5. The number of hydrogen-bond donors (Lipinski definition) is 0. The van der Waals surface area contributed by atoms with Crippen LogP contribution < -0.4 is 19.8 Å². The molecule has 166 valence electrons. The first-order valence-corrected chi connectivity index (χ1v) is 10.6. The normalized spacial score (nSPS) is 15.1. The molecule has 33 heavy (non-hydrogen) atoms. The smallest absolute Gasteiger partial charge is 0.336 e. The van der Waals surface area contributed by atoms with Gasteiger partial charge in [0, 0.05) is 34.7 Å². The van der Waals surface area contributed by atoms with Gasteiger partial charge in [-0.2, -0.15) is 0 Å². The van der Waals surface area contributed by atoms with Crippen LogP contribution in [0.2, 0.25) is 0 Å². The quantitative estimate of drug-likeness (QED) is 0.245. The molecule has 0 aliphatic carbocycles. The van der Waals surface area contributed by atoms with E-state index in [0.29, 0.717) is 33.8 Å². The number of carbonyl (C=O) groups excluding carboxylic acids is 1. The standard InChI is InChI=1S/C27H22O6/c1-15-11-22-26(19(13-23(28)32-22)16-7-5-4-6-8-16)27-25(15)20(14-24(29)33-27)18-10-9-17(30-2)12-21(18)31-3/h4-13,20H,14H2,1-3H3/t20-/m0/s1. The van der Waals surface area contributed by atoms with Gasteiger partial charge in [0.1, 0.15) is 22.8 Å². The van der Waals surface area contributed by atoms with Crippen LogP contribution in [0.15, 0.2) is 69.9 Å². The number of ether oxygens (including phenoxy) is 3. The van der Waals surface area contributed by atoms with Crippen molar-refractivity contribution in [3.8, 4) is 28.4 Å². The molecule has 1 aliphatic rings. The second kappa shape index (κ2) is 8.13. The van der Waals surface area contributed by atoms with Crippen LogP contribution in [-0.4, -0.2) is 20.2 Å². The highest BCUT2D eigenvalue weighted by molar-refractivity contribution is 6.01. The summed E-state index contributed by atoms with van der Waals surface area (Å²) in [4.78, 5) is 25.2. The number of esters is 1. The lowest BCUT2D eigenvalue weighted by Crippen LogP contribution is -2.23. The Labute approximate surface area is 190 Å². The van der Waals surface area contributed by atoms with Gasteiger partial charge >= 0.3 is 11.6 Å². The van der Waals surface area contributed by atoms with Crippen molar-refractivity contribution < 1.29 is 23.4 Å². The van der Waals surface area contributed by atoms with Crippen LogP contribution in [0, 0.1) is 6.92 Å². The van der Waals surface area contributed by atoms with Crippen molar-refractivity contribution in [1.82, 2.24) is 0 Å². The van der Waals surface area contributed by atoms with Gasteiger partial charge in [-0.05, 0) is 30.2 Å². The van der Waals surface area contributed by atoms with Gasteiger partial charge in [-0.15, -0.1) is 0 Å².